The Morgan fingerprint density at radius 3 is 2.69 bits per heavy atom. The molecule has 14 heteroatoms. The van der Waals surface area contributed by atoms with Crippen molar-refractivity contribution in [3.05, 3.63) is 64.5 Å². The van der Waals surface area contributed by atoms with Gasteiger partial charge in [-0.15, -0.1) is 0 Å². The number of hydrogen-bond donors (Lipinski definition) is 2. The molecule has 0 saturated heterocycles. The molecule has 5 rings (SSSR count). The number of halogens is 3. The zero-order valence-electron chi connectivity index (χ0n) is 20.9. The summed E-state index contributed by atoms with van der Waals surface area (Å²) in [6.45, 7) is 0.434. The van der Waals surface area contributed by atoms with Crippen LogP contribution in [0.2, 0.25) is 0 Å². The number of hydrogen-bond acceptors (Lipinski definition) is 7. The van der Waals surface area contributed by atoms with Crippen LogP contribution < -0.4 is 15.4 Å². The summed E-state index contributed by atoms with van der Waals surface area (Å²) in [5.41, 5.74) is 1.95. The average molecular weight is 564 g/mol. The molecule has 39 heavy (non-hydrogen) atoms. The molecule has 3 heterocycles. The van der Waals surface area contributed by atoms with Crippen LogP contribution in [-0.2, 0) is 33.0 Å². The van der Waals surface area contributed by atoms with Crippen LogP contribution in [0.5, 0.6) is 5.75 Å². The zero-order chi connectivity index (χ0) is 28.2. The number of rotatable bonds is 6. The Labute approximate surface area is 221 Å². The monoisotopic (exact) mass is 563 g/mol. The number of anilines is 1. The van der Waals surface area contributed by atoms with Crippen molar-refractivity contribution in [2.45, 2.75) is 37.9 Å². The number of carbonyl (C=O) groups is 2. The van der Waals surface area contributed by atoms with E-state index in [9.17, 15) is 31.2 Å². The third kappa shape index (κ3) is 5.46. The second kappa shape index (κ2) is 9.36. The van der Waals surface area contributed by atoms with Gasteiger partial charge in [0.05, 0.1) is 11.2 Å². The maximum Gasteiger partial charge on any atom is 0.422 e. The number of fused-ring (bicyclic) bond motifs is 3. The number of aryl methyl sites for hydroxylation is 2. The van der Waals surface area contributed by atoms with E-state index in [2.05, 4.69) is 20.7 Å². The smallest absolute Gasteiger partial charge is 0.422 e. The fourth-order valence-electron chi connectivity index (χ4n) is 5.00. The lowest BCUT2D eigenvalue weighted by molar-refractivity contribution is -0.153. The van der Waals surface area contributed by atoms with Crippen LogP contribution in [0.1, 0.15) is 39.2 Å². The fraction of sp³-hybridized carbons (Fsp3) is 0.360. The second-order valence-electron chi connectivity index (χ2n) is 9.83. The van der Waals surface area contributed by atoms with Crippen molar-refractivity contribution in [2.75, 3.05) is 23.9 Å². The number of alkyl halides is 3. The molecule has 206 valence electrons. The lowest BCUT2D eigenvalue weighted by Gasteiger charge is -2.35. The number of amides is 2. The van der Waals surface area contributed by atoms with Gasteiger partial charge in [0.25, 0.3) is 5.91 Å². The third-order valence-corrected chi connectivity index (χ3v) is 7.37. The summed E-state index contributed by atoms with van der Waals surface area (Å²) >= 11 is 0. The molecule has 1 aliphatic heterocycles. The van der Waals surface area contributed by atoms with Gasteiger partial charge in [0, 0.05) is 18.9 Å². The summed E-state index contributed by atoms with van der Waals surface area (Å²) in [5, 5.41) is 10.1. The molecule has 2 aliphatic rings. The molecule has 2 amide bonds. The van der Waals surface area contributed by atoms with Crippen molar-refractivity contribution in [2.24, 2.45) is 0 Å². The van der Waals surface area contributed by atoms with Gasteiger partial charge >= 0.3 is 6.18 Å². The maximum atomic E-state index is 13.5. The van der Waals surface area contributed by atoms with Gasteiger partial charge in [0.2, 0.25) is 5.91 Å². The van der Waals surface area contributed by atoms with Crippen LogP contribution in [-0.4, -0.2) is 59.8 Å². The first-order valence-corrected chi connectivity index (χ1v) is 14.0. The van der Waals surface area contributed by atoms with Gasteiger partial charge in [-0.1, -0.05) is 12.1 Å². The SMILES string of the molecule is Cc1ccc(-n2nc3c(c2NC(=O)CS(C)(=O)=O)C(=O)N[C@]2(CCc4cc(OCC(F)(F)F)ccc42)C3)nc1. The van der Waals surface area contributed by atoms with Crippen LogP contribution in [0, 0.1) is 6.92 Å². The minimum absolute atomic E-state index is 0.00327. The first-order valence-electron chi connectivity index (χ1n) is 11.9. The Balaban J connectivity index is 1.52. The highest BCUT2D eigenvalue weighted by atomic mass is 32.2. The third-order valence-electron chi connectivity index (χ3n) is 6.59. The molecule has 1 spiro atoms. The van der Waals surface area contributed by atoms with Crippen LogP contribution >= 0.6 is 0 Å². The van der Waals surface area contributed by atoms with Gasteiger partial charge in [-0.25, -0.2) is 13.4 Å². The average Bonchev–Trinajstić information content (AvgIpc) is 3.35. The molecule has 1 aromatic carbocycles. The van der Waals surface area contributed by atoms with Crippen molar-refractivity contribution in [3.63, 3.8) is 0 Å². The van der Waals surface area contributed by atoms with E-state index in [0.29, 0.717) is 24.4 Å². The highest BCUT2D eigenvalue weighted by molar-refractivity contribution is 7.91. The first-order chi connectivity index (χ1) is 18.2. The number of nitrogens with one attached hydrogen (secondary N) is 2. The fourth-order valence-corrected chi connectivity index (χ4v) is 5.55. The summed E-state index contributed by atoms with van der Waals surface area (Å²) in [4.78, 5) is 30.4. The van der Waals surface area contributed by atoms with Gasteiger partial charge in [-0.3, -0.25) is 9.59 Å². The van der Waals surface area contributed by atoms with Crippen LogP contribution in [0.4, 0.5) is 19.0 Å². The van der Waals surface area contributed by atoms with E-state index in [1.54, 1.807) is 30.5 Å². The molecule has 0 bridgehead atoms. The maximum absolute atomic E-state index is 13.5. The Kier molecular flexibility index (Phi) is 6.40. The molecule has 10 nitrogen and oxygen atoms in total. The van der Waals surface area contributed by atoms with E-state index < -0.39 is 45.7 Å². The highest BCUT2D eigenvalue weighted by Gasteiger charge is 2.47. The molecule has 3 aromatic rings. The summed E-state index contributed by atoms with van der Waals surface area (Å²) in [5.74, 6) is -1.77. The van der Waals surface area contributed by atoms with Gasteiger partial charge in [0.1, 0.15) is 17.1 Å². The van der Waals surface area contributed by atoms with Crippen molar-refractivity contribution in [1.82, 2.24) is 20.1 Å². The van der Waals surface area contributed by atoms with Crippen LogP contribution in [0.15, 0.2) is 36.5 Å². The molecule has 0 radical (unpaired) electrons. The number of carbonyl (C=O) groups excluding carboxylic acids is 2. The molecule has 1 aliphatic carbocycles. The quantitative estimate of drug-likeness (QED) is 0.471. The number of aromatic nitrogens is 3. The number of nitrogens with zero attached hydrogens (tertiary/aromatic N) is 3. The normalized spacial score (nSPS) is 18.4. The minimum Gasteiger partial charge on any atom is -0.484 e. The van der Waals surface area contributed by atoms with E-state index >= 15 is 0 Å². The molecular formula is C25H24F3N5O5S. The molecule has 1 atom stereocenters. The standard InChI is InChI=1S/C25H24F3N5O5S/c1-14-3-6-19(29-11-14)33-22(30-20(34)12-39(2,36)37)21-18(32-33)10-24(31-23(21)35)8-7-15-9-16(4-5-17(15)24)38-13-25(26,27)28/h3-6,9,11H,7-8,10,12-13H2,1-2H3,(H,30,34)(H,31,35)/t24-/m1/s1. The number of ether oxygens (including phenoxy) is 1. The van der Waals surface area contributed by atoms with Gasteiger partial charge < -0.3 is 15.4 Å². The molecule has 0 saturated carbocycles. The van der Waals surface area contributed by atoms with E-state index in [1.807, 2.05) is 6.92 Å². The number of benzene rings is 1. The van der Waals surface area contributed by atoms with E-state index in [0.717, 1.165) is 22.9 Å². The summed E-state index contributed by atoms with van der Waals surface area (Å²) in [6.07, 6.45) is -0.751. The molecule has 2 aromatic heterocycles. The Morgan fingerprint density at radius 1 is 1.26 bits per heavy atom. The second-order valence-corrected chi connectivity index (χ2v) is 12.0. The van der Waals surface area contributed by atoms with E-state index in [4.69, 9.17) is 4.74 Å². The lowest BCUT2D eigenvalue weighted by atomic mass is 9.82. The number of sulfone groups is 1. The topological polar surface area (TPSA) is 132 Å². The van der Waals surface area contributed by atoms with E-state index in [1.165, 1.54) is 10.7 Å². The molecular weight excluding hydrogens is 539 g/mol. The molecule has 2 N–H and O–H groups in total. The summed E-state index contributed by atoms with van der Waals surface area (Å²) in [7, 11) is -3.64. The lowest BCUT2D eigenvalue weighted by Crippen LogP contribution is -2.49. The zero-order valence-corrected chi connectivity index (χ0v) is 21.7. The predicted octanol–water partition coefficient (Wildman–Crippen LogP) is 2.63. The van der Waals surface area contributed by atoms with Gasteiger partial charge in [0.15, 0.2) is 28.1 Å². The van der Waals surface area contributed by atoms with E-state index in [-0.39, 0.29) is 23.6 Å². The van der Waals surface area contributed by atoms with Gasteiger partial charge in [-0.2, -0.15) is 23.0 Å². The predicted molar refractivity (Wildman–Crippen MR) is 134 cm³/mol. The minimum atomic E-state index is -4.46. The molecule has 0 unspecified atom stereocenters. The first kappa shape index (κ1) is 26.7. The number of pyridine rings is 1. The van der Waals surface area contributed by atoms with Crippen molar-refractivity contribution in [1.29, 1.82) is 0 Å². The van der Waals surface area contributed by atoms with Crippen molar-refractivity contribution in [3.8, 4) is 11.6 Å². The van der Waals surface area contributed by atoms with Crippen molar-refractivity contribution < 1.29 is 35.9 Å². The van der Waals surface area contributed by atoms with Crippen LogP contribution in [0.3, 0.4) is 0 Å². The Bertz CT molecular complexity index is 1580. The summed E-state index contributed by atoms with van der Waals surface area (Å²) in [6, 6.07) is 8.06. The Hall–Kier alpha value is -3.94. The summed E-state index contributed by atoms with van der Waals surface area (Å²) < 4.78 is 67.3. The van der Waals surface area contributed by atoms with Crippen molar-refractivity contribution >= 4 is 27.5 Å². The Morgan fingerprint density at radius 2 is 2.03 bits per heavy atom. The molecule has 0 fully saturated rings. The largest absolute Gasteiger partial charge is 0.484 e. The van der Waals surface area contributed by atoms with Gasteiger partial charge in [-0.05, 0) is 54.7 Å². The van der Waals surface area contributed by atoms with Crippen LogP contribution in [0.25, 0.3) is 5.82 Å². The highest BCUT2D eigenvalue weighted by Crippen LogP contribution is 2.44.